The van der Waals surface area contributed by atoms with E-state index in [9.17, 15) is 0 Å². The van der Waals surface area contributed by atoms with Crippen LogP contribution in [0.3, 0.4) is 0 Å². The summed E-state index contributed by atoms with van der Waals surface area (Å²) in [5.74, 6) is 0.719. The fourth-order valence-electron chi connectivity index (χ4n) is 2.37. The monoisotopic (exact) mass is 311 g/mol. The zero-order valence-electron chi connectivity index (χ0n) is 10.8. The van der Waals surface area contributed by atoms with Crippen LogP contribution in [0.4, 0.5) is 0 Å². The van der Waals surface area contributed by atoms with Gasteiger partial charge in [0.15, 0.2) is 0 Å². The van der Waals surface area contributed by atoms with Gasteiger partial charge in [-0.25, -0.2) is 4.98 Å². The lowest BCUT2D eigenvalue weighted by atomic mass is 9.98. The van der Waals surface area contributed by atoms with Gasteiger partial charge in [0.25, 0.3) is 0 Å². The first-order chi connectivity index (χ1) is 7.79. The summed E-state index contributed by atoms with van der Waals surface area (Å²) in [6.07, 6.45) is 3.77. The topological polar surface area (TPSA) is 42.2 Å². The molecule has 0 radical (unpaired) electrons. The van der Waals surface area contributed by atoms with Crippen molar-refractivity contribution in [2.75, 3.05) is 26.2 Å². The van der Waals surface area contributed by atoms with Gasteiger partial charge >= 0.3 is 0 Å². The fourth-order valence-corrected chi connectivity index (χ4v) is 3.14. The van der Waals surface area contributed by atoms with Gasteiger partial charge in [0.05, 0.1) is 11.2 Å². The van der Waals surface area contributed by atoms with E-state index in [2.05, 4.69) is 16.8 Å². The predicted molar refractivity (Wildman–Crippen MR) is 83.3 cm³/mol. The van der Waals surface area contributed by atoms with Crippen molar-refractivity contribution in [3.63, 3.8) is 0 Å². The van der Waals surface area contributed by atoms with Gasteiger partial charge in [0.1, 0.15) is 0 Å². The van der Waals surface area contributed by atoms with Crippen LogP contribution in [0.15, 0.2) is 5.51 Å². The summed E-state index contributed by atoms with van der Waals surface area (Å²) >= 11 is 1.78. The number of hydrogen-bond donors (Lipinski definition) is 1. The second-order valence-corrected chi connectivity index (χ2v) is 5.59. The van der Waals surface area contributed by atoms with E-state index in [1.54, 1.807) is 11.3 Å². The van der Waals surface area contributed by atoms with Gasteiger partial charge in [-0.05, 0) is 45.2 Å². The Bertz CT molecular complexity index is 333. The van der Waals surface area contributed by atoms with Crippen LogP contribution < -0.4 is 5.73 Å². The Morgan fingerprint density at radius 3 is 2.89 bits per heavy atom. The van der Waals surface area contributed by atoms with E-state index in [-0.39, 0.29) is 24.8 Å². The summed E-state index contributed by atoms with van der Waals surface area (Å²) in [6, 6.07) is 0. The molecule has 18 heavy (non-hydrogen) atoms. The fraction of sp³-hybridized carbons (Fsp3) is 0.750. The Kier molecular flexibility index (Phi) is 9.17. The molecule has 3 nitrogen and oxygen atoms in total. The lowest BCUT2D eigenvalue weighted by Gasteiger charge is -2.31. The molecule has 2 heterocycles. The quantitative estimate of drug-likeness (QED) is 0.929. The number of aryl methyl sites for hydroxylation is 1. The molecule has 0 bridgehead atoms. The molecule has 106 valence electrons. The minimum atomic E-state index is 0. The van der Waals surface area contributed by atoms with E-state index in [4.69, 9.17) is 5.73 Å². The second-order valence-electron chi connectivity index (χ2n) is 4.66. The van der Waals surface area contributed by atoms with E-state index in [1.807, 2.05) is 5.51 Å². The van der Waals surface area contributed by atoms with E-state index >= 15 is 0 Å². The third kappa shape index (κ3) is 5.02. The molecule has 2 N–H and O–H groups in total. The van der Waals surface area contributed by atoms with Gasteiger partial charge in [0.2, 0.25) is 0 Å². The Balaban J connectivity index is 0.00000144. The van der Waals surface area contributed by atoms with Crippen LogP contribution in [-0.4, -0.2) is 36.1 Å². The lowest BCUT2D eigenvalue weighted by Crippen LogP contribution is -2.39. The molecule has 1 aliphatic heterocycles. The summed E-state index contributed by atoms with van der Waals surface area (Å²) in [4.78, 5) is 8.29. The summed E-state index contributed by atoms with van der Waals surface area (Å²) in [5, 5.41) is 0. The Morgan fingerprint density at radius 1 is 1.50 bits per heavy atom. The third-order valence-electron chi connectivity index (χ3n) is 3.44. The third-order valence-corrected chi connectivity index (χ3v) is 4.43. The molecule has 1 aliphatic rings. The van der Waals surface area contributed by atoms with Gasteiger partial charge in [-0.2, -0.15) is 0 Å². The molecule has 1 atom stereocenters. The van der Waals surface area contributed by atoms with Gasteiger partial charge in [-0.3, -0.25) is 0 Å². The average molecular weight is 312 g/mol. The van der Waals surface area contributed by atoms with Crippen molar-refractivity contribution in [3.05, 3.63) is 16.1 Å². The van der Waals surface area contributed by atoms with Crippen molar-refractivity contribution < 1.29 is 0 Å². The highest BCUT2D eigenvalue weighted by molar-refractivity contribution is 7.09. The van der Waals surface area contributed by atoms with Crippen molar-refractivity contribution in [1.29, 1.82) is 0 Å². The van der Waals surface area contributed by atoms with Crippen LogP contribution in [0.25, 0.3) is 0 Å². The van der Waals surface area contributed by atoms with Crippen molar-refractivity contribution in [2.24, 2.45) is 11.7 Å². The number of piperidine rings is 1. The van der Waals surface area contributed by atoms with Gasteiger partial charge in [-0.1, -0.05) is 0 Å². The van der Waals surface area contributed by atoms with E-state index in [0.29, 0.717) is 0 Å². The number of thiazole rings is 1. The van der Waals surface area contributed by atoms with E-state index in [0.717, 1.165) is 18.9 Å². The maximum Gasteiger partial charge on any atom is 0.0797 e. The standard InChI is InChI=1S/C12H21N3S.2ClH/c1-10-12(16-9-14-10)4-6-15-5-2-3-11(7-13)8-15;;/h9,11H,2-8,13H2,1H3;2*1H. The molecule has 6 heteroatoms. The minimum absolute atomic E-state index is 0. The molecular weight excluding hydrogens is 289 g/mol. The molecule has 1 aromatic rings. The number of hydrogen-bond acceptors (Lipinski definition) is 4. The van der Waals surface area contributed by atoms with E-state index < -0.39 is 0 Å². The van der Waals surface area contributed by atoms with E-state index in [1.165, 1.54) is 43.0 Å². The minimum Gasteiger partial charge on any atom is -0.330 e. The zero-order valence-corrected chi connectivity index (χ0v) is 13.3. The zero-order chi connectivity index (χ0) is 11.4. The summed E-state index contributed by atoms with van der Waals surface area (Å²) in [6.45, 7) is 6.54. The highest BCUT2D eigenvalue weighted by Crippen LogP contribution is 2.17. The second kappa shape index (κ2) is 9.10. The first-order valence-electron chi connectivity index (χ1n) is 6.11. The average Bonchev–Trinajstić information content (AvgIpc) is 2.72. The Hall–Kier alpha value is 0.130. The predicted octanol–water partition coefficient (Wildman–Crippen LogP) is 2.51. The maximum absolute atomic E-state index is 5.75. The molecule has 0 amide bonds. The van der Waals surface area contributed by atoms with Crippen molar-refractivity contribution in [1.82, 2.24) is 9.88 Å². The Morgan fingerprint density at radius 2 is 2.28 bits per heavy atom. The number of likely N-dealkylation sites (tertiary alicyclic amines) is 1. The first-order valence-corrected chi connectivity index (χ1v) is 6.99. The lowest BCUT2D eigenvalue weighted by molar-refractivity contribution is 0.180. The van der Waals surface area contributed by atoms with Crippen LogP contribution in [0.5, 0.6) is 0 Å². The van der Waals surface area contributed by atoms with Gasteiger partial charge < -0.3 is 10.6 Å². The highest BCUT2D eigenvalue weighted by Gasteiger charge is 2.18. The van der Waals surface area contributed by atoms with Crippen LogP contribution in [-0.2, 0) is 6.42 Å². The first kappa shape index (κ1) is 18.1. The number of aromatic nitrogens is 1. The molecule has 0 saturated carbocycles. The maximum atomic E-state index is 5.75. The highest BCUT2D eigenvalue weighted by atomic mass is 35.5. The van der Waals surface area contributed by atoms with Gasteiger partial charge in [-0.15, -0.1) is 36.2 Å². The molecule has 1 fully saturated rings. The molecule has 1 saturated heterocycles. The molecular formula is C12H23Cl2N3S. The molecule has 0 aliphatic carbocycles. The number of halogens is 2. The van der Waals surface area contributed by atoms with Crippen LogP contribution in [0, 0.1) is 12.8 Å². The number of rotatable bonds is 4. The summed E-state index contributed by atoms with van der Waals surface area (Å²) < 4.78 is 0. The van der Waals surface area contributed by atoms with Crippen LogP contribution in [0.1, 0.15) is 23.4 Å². The largest absolute Gasteiger partial charge is 0.330 e. The van der Waals surface area contributed by atoms with Crippen LogP contribution in [0.2, 0.25) is 0 Å². The molecule has 1 aromatic heterocycles. The van der Waals surface area contributed by atoms with Crippen molar-refractivity contribution >= 4 is 36.2 Å². The molecule has 0 spiro atoms. The smallest absolute Gasteiger partial charge is 0.0797 e. The summed E-state index contributed by atoms with van der Waals surface area (Å²) in [5.41, 5.74) is 8.90. The van der Waals surface area contributed by atoms with Crippen molar-refractivity contribution in [2.45, 2.75) is 26.2 Å². The molecule has 2 rings (SSSR count). The Labute approximate surface area is 126 Å². The van der Waals surface area contributed by atoms with Gasteiger partial charge in [0, 0.05) is 18.0 Å². The van der Waals surface area contributed by atoms with Crippen molar-refractivity contribution in [3.8, 4) is 0 Å². The summed E-state index contributed by atoms with van der Waals surface area (Å²) in [7, 11) is 0. The van der Waals surface area contributed by atoms with Crippen LogP contribution >= 0.6 is 36.2 Å². The normalized spacial score (nSPS) is 20.0. The molecule has 1 unspecified atom stereocenters. The number of nitrogens with two attached hydrogens (primary N) is 1. The number of nitrogens with zero attached hydrogens (tertiary/aromatic N) is 2. The molecule has 0 aromatic carbocycles. The SMILES string of the molecule is Cc1ncsc1CCN1CCCC(CN)C1.Cl.Cl.